The summed E-state index contributed by atoms with van der Waals surface area (Å²) < 4.78 is 5.47. The van der Waals surface area contributed by atoms with Gasteiger partial charge in [0.15, 0.2) is 0 Å². The molecular weight excluding hydrogens is 376 g/mol. The number of morpholine rings is 1. The van der Waals surface area contributed by atoms with E-state index < -0.39 is 0 Å². The van der Waals surface area contributed by atoms with E-state index in [4.69, 9.17) is 26.3 Å². The number of hydrazine groups is 1. The van der Waals surface area contributed by atoms with Crippen molar-refractivity contribution >= 4 is 28.8 Å². The largest absolute Gasteiger partial charge is 0.378 e. The number of aliphatic imine (C=N–C) groups is 1. The second-order valence-electron chi connectivity index (χ2n) is 7.34. The van der Waals surface area contributed by atoms with E-state index in [0.717, 1.165) is 54.6 Å². The van der Waals surface area contributed by atoms with Crippen LogP contribution >= 0.6 is 11.6 Å². The molecule has 0 amide bonds. The van der Waals surface area contributed by atoms with Crippen LogP contribution in [0.5, 0.6) is 0 Å². The van der Waals surface area contributed by atoms with Crippen molar-refractivity contribution in [2.75, 3.05) is 36.5 Å². The zero-order valence-corrected chi connectivity index (χ0v) is 16.4. The predicted octanol–water partition coefficient (Wildman–Crippen LogP) is 2.03. The lowest BCUT2D eigenvalue weighted by atomic mass is 10.0. The van der Waals surface area contributed by atoms with Crippen LogP contribution in [0, 0.1) is 0 Å². The molecule has 3 aliphatic heterocycles. The highest BCUT2D eigenvalue weighted by Gasteiger charge is 2.36. The van der Waals surface area contributed by atoms with Crippen LogP contribution in [0.2, 0.25) is 5.02 Å². The van der Waals surface area contributed by atoms with Gasteiger partial charge in [-0.25, -0.2) is 10.4 Å². The van der Waals surface area contributed by atoms with Crippen molar-refractivity contribution in [1.29, 1.82) is 0 Å². The number of halogens is 1. The highest BCUT2D eigenvalue weighted by Crippen LogP contribution is 2.32. The third-order valence-corrected chi connectivity index (χ3v) is 5.85. The number of nitrogens with one attached hydrogen (secondary N) is 3. The summed E-state index contributed by atoms with van der Waals surface area (Å²) in [6.45, 7) is 5.28. The first-order valence-electron chi connectivity index (χ1n) is 9.64. The molecule has 0 bridgehead atoms. The Balaban J connectivity index is 1.61. The second-order valence-corrected chi connectivity index (χ2v) is 7.74. The van der Waals surface area contributed by atoms with Crippen molar-refractivity contribution in [3.05, 3.63) is 52.7 Å². The van der Waals surface area contributed by atoms with Gasteiger partial charge in [0, 0.05) is 47.5 Å². The lowest BCUT2D eigenvalue weighted by Gasteiger charge is -2.28. The molecule has 3 N–H and O–H groups in total. The molecule has 0 aliphatic carbocycles. The fourth-order valence-corrected chi connectivity index (χ4v) is 4.19. The molecule has 8 heteroatoms. The smallest absolute Gasteiger partial charge is 0.130 e. The average molecular weight is 399 g/mol. The van der Waals surface area contributed by atoms with Crippen LogP contribution in [0.1, 0.15) is 18.1 Å². The number of fused-ring (bicyclic) bond motifs is 2. The first kappa shape index (κ1) is 17.9. The minimum atomic E-state index is -0.00585. The Bertz CT molecular complexity index is 913. The molecule has 28 heavy (non-hydrogen) atoms. The van der Waals surface area contributed by atoms with E-state index in [1.165, 1.54) is 0 Å². The summed E-state index contributed by atoms with van der Waals surface area (Å²) in [5.74, 6) is 0.950. The van der Waals surface area contributed by atoms with Gasteiger partial charge in [-0.3, -0.25) is 10.4 Å². The van der Waals surface area contributed by atoms with Crippen LogP contribution < -0.4 is 21.1 Å². The highest BCUT2D eigenvalue weighted by atomic mass is 35.5. The fraction of sp³-hybridized carbons (Fsp3) is 0.400. The zero-order chi connectivity index (χ0) is 19.1. The molecular formula is C20H23ClN6O. The van der Waals surface area contributed by atoms with Crippen molar-refractivity contribution in [3.63, 3.8) is 0 Å². The quantitative estimate of drug-likeness (QED) is 0.718. The Morgan fingerprint density at radius 3 is 2.79 bits per heavy atom. The number of ether oxygens (including phenoxy) is 1. The summed E-state index contributed by atoms with van der Waals surface area (Å²) in [5.41, 5.74) is 10.4. The zero-order valence-electron chi connectivity index (χ0n) is 15.7. The van der Waals surface area contributed by atoms with Crippen LogP contribution in [-0.2, 0) is 4.74 Å². The molecule has 4 heterocycles. The lowest BCUT2D eigenvalue weighted by Crippen LogP contribution is -2.39. The van der Waals surface area contributed by atoms with Gasteiger partial charge in [0.1, 0.15) is 18.0 Å². The van der Waals surface area contributed by atoms with Crippen molar-refractivity contribution in [3.8, 4) is 0 Å². The maximum absolute atomic E-state index is 6.53. The summed E-state index contributed by atoms with van der Waals surface area (Å²) in [5, 5.41) is 4.31. The molecule has 2 fully saturated rings. The van der Waals surface area contributed by atoms with Crippen molar-refractivity contribution in [2.24, 2.45) is 4.99 Å². The van der Waals surface area contributed by atoms with E-state index in [9.17, 15) is 0 Å². The molecule has 2 aromatic rings. The molecule has 2 saturated heterocycles. The molecule has 1 aromatic carbocycles. The number of anilines is 2. The van der Waals surface area contributed by atoms with Gasteiger partial charge < -0.3 is 15.0 Å². The number of pyridine rings is 1. The molecule has 3 aliphatic rings. The van der Waals surface area contributed by atoms with Gasteiger partial charge in [-0.1, -0.05) is 29.8 Å². The molecule has 3 atom stereocenters. The number of nitrogens with zero attached hydrogens (tertiary/aromatic N) is 3. The summed E-state index contributed by atoms with van der Waals surface area (Å²) in [7, 11) is 0. The molecule has 1 aromatic heterocycles. The lowest BCUT2D eigenvalue weighted by molar-refractivity contribution is 0.122. The Labute approximate surface area is 169 Å². The minimum absolute atomic E-state index is 0.00585. The van der Waals surface area contributed by atoms with Gasteiger partial charge in [0.25, 0.3) is 0 Å². The standard InChI is InChI=1S/C20H23ClN6O/c1-12-18-20(26-25-12)23-16-10-17(27-6-8-28-9-7-27)22-11-14(16)19(24-18)13-4-2-3-5-15(13)21/h2-5,10-12,18,20,23,25-26H,6-9H2,1H3. The fourth-order valence-electron chi connectivity index (χ4n) is 3.96. The normalized spacial score (nSPS) is 26.7. The number of rotatable bonds is 2. The Morgan fingerprint density at radius 2 is 1.96 bits per heavy atom. The molecule has 3 unspecified atom stereocenters. The van der Waals surface area contributed by atoms with Crippen LogP contribution in [0.25, 0.3) is 0 Å². The first-order chi connectivity index (χ1) is 13.7. The maximum atomic E-state index is 6.53. The van der Waals surface area contributed by atoms with E-state index in [2.05, 4.69) is 34.1 Å². The van der Waals surface area contributed by atoms with Gasteiger partial charge in [0.2, 0.25) is 0 Å². The molecule has 0 saturated carbocycles. The third-order valence-electron chi connectivity index (χ3n) is 5.52. The third kappa shape index (κ3) is 3.14. The van der Waals surface area contributed by atoms with Gasteiger partial charge in [-0.2, -0.15) is 0 Å². The Hall–Kier alpha value is -2.19. The monoisotopic (exact) mass is 398 g/mol. The Morgan fingerprint density at radius 1 is 1.14 bits per heavy atom. The molecule has 5 rings (SSSR count). The van der Waals surface area contributed by atoms with Crippen LogP contribution in [0.15, 0.2) is 41.5 Å². The van der Waals surface area contributed by atoms with Crippen molar-refractivity contribution in [2.45, 2.75) is 25.2 Å². The second kappa shape index (κ2) is 7.33. The molecule has 0 radical (unpaired) electrons. The van der Waals surface area contributed by atoms with Gasteiger partial charge in [0.05, 0.1) is 24.6 Å². The number of hydrogen-bond donors (Lipinski definition) is 3. The van der Waals surface area contributed by atoms with Gasteiger partial charge in [-0.15, -0.1) is 0 Å². The summed E-state index contributed by atoms with van der Waals surface area (Å²) >= 11 is 6.53. The molecule has 0 spiro atoms. The predicted molar refractivity (Wildman–Crippen MR) is 111 cm³/mol. The van der Waals surface area contributed by atoms with Gasteiger partial charge in [-0.05, 0) is 13.0 Å². The minimum Gasteiger partial charge on any atom is -0.378 e. The summed E-state index contributed by atoms with van der Waals surface area (Å²) in [6, 6.07) is 10.2. The van der Waals surface area contributed by atoms with E-state index in [-0.39, 0.29) is 18.2 Å². The summed E-state index contributed by atoms with van der Waals surface area (Å²) in [4.78, 5) is 12.1. The van der Waals surface area contributed by atoms with E-state index >= 15 is 0 Å². The maximum Gasteiger partial charge on any atom is 0.130 e. The topological polar surface area (TPSA) is 73.8 Å². The number of hydrogen-bond acceptors (Lipinski definition) is 7. The SMILES string of the molecule is CC1NNC2Nc3cc(N4CCOCC4)ncc3C(c3ccccc3Cl)=NC12. The van der Waals surface area contributed by atoms with Gasteiger partial charge >= 0.3 is 0 Å². The van der Waals surface area contributed by atoms with Crippen LogP contribution in [0.4, 0.5) is 11.5 Å². The first-order valence-corrected chi connectivity index (χ1v) is 10.0. The van der Waals surface area contributed by atoms with Crippen LogP contribution in [-0.4, -0.2) is 55.2 Å². The highest BCUT2D eigenvalue weighted by molar-refractivity contribution is 6.35. The number of benzene rings is 1. The number of aromatic nitrogens is 1. The van der Waals surface area contributed by atoms with E-state index in [1.54, 1.807) is 0 Å². The van der Waals surface area contributed by atoms with Crippen LogP contribution in [0.3, 0.4) is 0 Å². The molecule has 146 valence electrons. The van der Waals surface area contributed by atoms with E-state index in [1.807, 2.05) is 30.5 Å². The Kier molecular flexibility index (Phi) is 4.68. The summed E-state index contributed by atoms with van der Waals surface area (Å²) in [6.07, 6.45) is 1.91. The van der Waals surface area contributed by atoms with Crippen molar-refractivity contribution in [1.82, 2.24) is 15.8 Å². The van der Waals surface area contributed by atoms with E-state index in [0.29, 0.717) is 5.02 Å². The molecule has 7 nitrogen and oxygen atoms in total. The van der Waals surface area contributed by atoms with Crippen molar-refractivity contribution < 1.29 is 4.74 Å². The average Bonchev–Trinajstić information content (AvgIpc) is 2.98.